The molecule has 0 aliphatic carbocycles. The molecule has 0 aliphatic heterocycles. The van der Waals surface area contributed by atoms with Crippen LogP contribution in [0.1, 0.15) is 28.8 Å². The summed E-state index contributed by atoms with van der Waals surface area (Å²) in [6.45, 7) is 0.589. The number of nitrogens with one attached hydrogen (secondary N) is 1. The third-order valence-corrected chi connectivity index (χ3v) is 5.87. The first-order valence-corrected chi connectivity index (χ1v) is 11.0. The molecular formula is C27H29N5O. The van der Waals surface area contributed by atoms with Crippen LogP contribution in [-0.4, -0.2) is 44.6 Å². The van der Waals surface area contributed by atoms with E-state index in [0.29, 0.717) is 24.7 Å². The van der Waals surface area contributed by atoms with Gasteiger partial charge in [-0.25, -0.2) is 4.98 Å². The number of nitriles is 1. The molecule has 1 aromatic heterocycles. The van der Waals surface area contributed by atoms with Crippen LogP contribution in [0.2, 0.25) is 0 Å². The highest BCUT2D eigenvalue weighted by Crippen LogP contribution is 2.26. The number of likely N-dealkylation sites (N-methyl/N-ethyl adjacent to an activating group) is 1. The standard InChI is InChI=1S/C27H29N5O/c1-31(2)22-14-12-20(13-15-22)25(32(3)4)18-29-27-24(17-28)30-26(33-27)16-21-10-7-9-19-8-5-6-11-23(19)21/h5-15,25,29H,16,18H2,1-4H3. The van der Waals surface area contributed by atoms with E-state index in [9.17, 15) is 5.26 Å². The molecule has 1 atom stereocenters. The van der Waals surface area contributed by atoms with Gasteiger partial charge in [-0.1, -0.05) is 54.6 Å². The zero-order valence-electron chi connectivity index (χ0n) is 19.5. The van der Waals surface area contributed by atoms with E-state index in [1.807, 2.05) is 46.4 Å². The molecule has 3 aromatic carbocycles. The van der Waals surface area contributed by atoms with E-state index in [1.165, 1.54) is 16.3 Å². The van der Waals surface area contributed by atoms with Gasteiger partial charge in [-0.15, -0.1) is 0 Å². The van der Waals surface area contributed by atoms with E-state index >= 15 is 0 Å². The summed E-state index contributed by atoms with van der Waals surface area (Å²) >= 11 is 0. The van der Waals surface area contributed by atoms with Crippen molar-refractivity contribution in [1.82, 2.24) is 9.88 Å². The monoisotopic (exact) mass is 439 g/mol. The molecule has 6 nitrogen and oxygen atoms in total. The number of benzene rings is 3. The Balaban J connectivity index is 1.52. The SMILES string of the molecule is CN(C)c1ccc(C(CNc2oc(Cc3cccc4ccccc34)nc2C#N)N(C)C)cc1. The molecular weight excluding hydrogens is 410 g/mol. The van der Waals surface area contributed by atoms with Gasteiger partial charge in [0.15, 0.2) is 0 Å². The Morgan fingerprint density at radius 3 is 2.39 bits per heavy atom. The molecule has 0 bridgehead atoms. The lowest BCUT2D eigenvalue weighted by Crippen LogP contribution is -2.27. The molecule has 0 saturated heterocycles. The topological polar surface area (TPSA) is 68.3 Å². The van der Waals surface area contributed by atoms with Crippen molar-refractivity contribution in [3.8, 4) is 6.07 Å². The van der Waals surface area contributed by atoms with Crippen molar-refractivity contribution in [1.29, 1.82) is 5.26 Å². The Morgan fingerprint density at radius 2 is 1.70 bits per heavy atom. The van der Waals surface area contributed by atoms with E-state index < -0.39 is 0 Å². The van der Waals surface area contributed by atoms with Crippen molar-refractivity contribution in [2.24, 2.45) is 0 Å². The zero-order chi connectivity index (χ0) is 23.4. The normalized spacial score (nSPS) is 12.0. The van der Waals surface area contributed by atoms with Crippen LogP contribution in [-0.2, 0) is 6.42 Å². The number of aromatic nitrogens is 1. The lowest BCUT2D eigenvalue weighted by atomic mass is 10.0. The van der Waals surface area contributed by atoms with Crippen molar-refractivity contribution in [2.75, 3.05) is 45.0 Å². The van der Waals surface area contributed by atoms with Crippen molar-refractivity contribution in [2.45, 2.75) is 12.5 Å². The van der Waals surface area contributed by atoms with Gasteiger partial charge in [0.05, 0.1) is 12.5 Å². The van der Waals surface area contributed by atoms with Gasteiger partial charge in [-0.2, -0.15) is 5.26 Å². The summed E-state index contributed by atoms with van der Waals surface area (Å²) in [6.07, 6.45) is 0.529. The van der Waals surface area contributed by atoms with Crippen molar-refractivity contribution in [3.63, 3.8) is 0 Å². The van der Waals surface area contributed by atoms with Gasteiger partial charge in [0.25, 0.3) is 0 Å². The number of fused-ring (bicyclic) bond motifs is 1. The number of rotatable bonds is 8. The minimum absolute atomic E-state index is 0.111. The van der Waals surface area contributed by atoms with Gasteiger partial charge in [0.2, 0.25) is 17.5 Å². The minimum atomic E-state index is 0.111. The average molecular weight is 440 g/mol. The average Bonchev–Trinajstić information content (AvgIpc) is 3.21. The first kappa shape index (κ1) is 22.4. The largest absolute Gasteiger partial charge is 0.423 e. The number of hydrogen-bond donors (Lipinski definition) is 1. The van der Waals surface area contributed by atoms with Crippen LogP contribution in [0.3, 0.4) is 0 Å². The quantitative estimate of drug-likeness (QED) is 0.413. The maximum Gasteiger partial charge on any atom is 0.232 e. The third kappa shape index (κ3) is 5.00. The van der Waals surface area contributed by atoms with E-state index in [0.717, 1.165) is 11.3 Å². The molecule has 1 unspecified atom stereocenters. The van der Waals surface area contributed by atoms with Gasteiger partial charge < -0.3 is 19.5 Å². The summed E-state index contributed by atoms with van der Waals surface area (Å²) in [5.41, 5.74) is 3.75. The first-order chi connectivity index (χ1) is 16.0. The van der Waals surface area contributed by atoms with Crippen LogP contribution in [0.5, 0.6) is 0 Å². The van der Waals surface area contributed by atoms with Gasteiger partial charge in [0.1, 0.15) is 6.07 Å². The first-order valence-electron chi connectivity index (χ1n) is 11.0. The molecule has 0 spiro atoms. The molecule has 1 N–H and O–H groups in total. The summed E-state index contributed by atoms with van der Waals surface area (Å²) in [7, 11) is 8.15. The zero-order valence-corrected chi connectivity index (χ0v) is 19.5. The van der Waals surface area contributed by atoms with Gasteiger partial charge in [-0.3, -0.25) is 0 Å². The molecule has 0 aliphatic rings. The summed E-state index contributed by atoms with van der Waals surface area (Å²) < 4.78 is 6.01. The predicted molar refractivity (Wildman–Crippen MR) is 134 cm³/mol. The van der Waals surface area contributed by atoms with Crippen LogP contribution in [0, 0.1) is 11.3 Å². The highest BCUT2D eigenvalue weighted by molar-refractivity contribution is 5.85. The summed E-state index contributed by atoms with van der Waals surface area (Å²) in [6, 6.07) is 25.2. The van der Waals surface area contributed by atoms with Crippen molar-refractivity contribution >= 4 is 22.3 Å². The predicted octanol–water partition coefficient (Wildman–Crippen LogP) is 5.07. The molecule has 33 heavy (non-hydrogen) atoms. The lowest BCUT2D eigenvalue weighted by molar-refractivity contribution is 0.310. The van der Waals surface area contributed by atoms with Gasteiger partial charge in [0, 0.05) is 26.3 Å². The summed E-state index contributed by atoms with van der Waals surface area (Å²) in [4.78, 5) is 8.68. The van der Waals surface area contributed by atoms with Crippen LogP contribution < -0.4 is 10.2 Å². The molecule has 4 rings (SSSR count). The van der Waals surface area contributed by atoms with Crippen LogP contribution in [0.15, 0.2) is 71.1 Å². The molecule has 0 saturated carbocycles. The number of nitrogens with zero attached hydrogens (tertiary/aromatic N) is 4. The maximum absolute atomic E-state index is 9.62. The Kier molecular flexibility index (Phi) is 6.62. The second-order valence-corrected chi connectivity index (χ2v) is 8.56. The van der Waals surface area contributed by atoms with Gasteiger partial charge in [-0.05, 0) is 48.1 Å². The number of anilines is 2. The second kappa shape index (κ2) is 9.76. The minimum Gasteiger partial charge on any atom is -0.423 e. The fourth-order valence-electron chi connectivity index (χ4n) is 4.03. The number of hydrogen-bond acceptors (Lipinski definition) is 6. The maximum atomic E-state index is 9.62. The molecule has 0 radical (unpaired) electrons. The number of oxazole rings is 1. The molecule has 4 aromatic rings. The Morgan fingerprint density at radius 1 is 0.970 bits per heavy atom. The van der Waals surface area contributed by atoms with E-state index in [4.69, 9.17) is 4.42 Å². The van der Waals surface area contributed by atoms with Crippen molar-refractivity contribution < 1.29 is 4.42 Å². The summed E-state index contributed by atoms with van der Waals surface area (Å²) in [5.74, 6) is 0.951. The van der Waals surface area contributed by atoms with Crippen molar-refractivity contribution in [3.05, 3.63) is 89.4 Å². The second-order valence-electron chi connectivity index (χ2n) is 8.56. The van der Waals surface area contributed by atoms with Crippen LogP contribution in [0.25, 0.3) is 10.8 Å². The van der Waals surface area contributed by atoms with Crippen LogP contribution in [0.4, 0.5) is 11.6 Å². The summed E-state index contributed by atoms with van der Waals surface area (Å²) in [5, 5.41) is 15.3. The highest BCUT2D eigenvalue weighted by atomic mass is 16.4. The lowest BCUT2D eigenvalue weighted by Gasteiger charge is -2.25. The Hall–Kier alpha value is -3.82. The van der Waals surface area contributed by atoms with E-state index in [1.54, 1.807) is 0 Å². The van der Waals surface area contributed by atoms with Crippen LogP contribution >= 0.6 is 0 Å². The Bertz CT molecular complexity index is 1260. The van der Waals surface area contributed by atoms with E-state index in [2.05, 4.69) is 74.7 Å². The highest BCUT2D eigenvalue weighted by Gasteiger charge is 2.19. The Labute approximate surface area is 195 Å². The van der Waals surface area contributed by atoms with E-state index in [-0.39, 0.29) is 11.7 Å². The molecule has 0 amide bonds. The van der Waals surface area contributed by atoms with Gasteiger partial charge >= 0.3 is 0 Å². The fraction of sp³-hybridized carbons (Fsp3) is 0.259. The molecule has 6 heteroatoms. The third-order valence-electron chi connectivity index (χ3n) is 5.87. The molecule has 168 valence electrons. The molecule has 1 heterocycles. The smallest absolute Gasteiger partial charge is 0.232 e. The fourth-order valence-corrected chi connectivity index (χ4v) is 4.03. The molecule has 0 fully saturated rings.